The Kier molecular flexibility index (Phi) is 6.91. The Labute approximate surface area is 160 Å². The van der Waals surface area contributed by atoms with Gasteiger partial charge in [-0.1, -0.05) is 0 Å². The number of thiazole rings is 1. The molecule has 0 aromatic carbocycles. The fraction of sp³-hybridized carbons (Fsp3) is 0.533. The van der Waals surface area contributed by atoms with E-state index in [1.807, 2.05) is 0 Å². The largest absolute Gasteiger partial charge is 0.435 e. The highest BCUT2D eigenvalue weighted by molar-refractivity contribution is 7.09. The third-order valence-corrected chi connectivity index (χ3v) is 4.31. The van der Waals surface area contributed by atoms with E-state index in [-0.39, 0.29) is 31.0 Å². The highest BCUT2D eigenvalue weighted by Crippen LogP contribution is 2.31. The third kappa shape index (κ3) is 6.11. The highest BCUT2D eigenvalue weighted by atomic mass is 32.1. The summed E-state index contributed by atoms with van der Waals surface area (Å²) in [5.74, 6) is 0.243. The summed E-state index contributed by atoms with van der Waals surface area (Å²) in [6.45, 7) is 2.20. The first-order chi connectivity index (χ1) is 13.0. The van der Waals surface area contributed by atoms with Crippen molar-refractivity contribution in [2.75, 3.05) is 13.1 Å². The molecular weight excluding hydrogens is 410 g/mol. The van der Waals surface area contributed by atoms with Crippen LogP contribution < -0.4 is 10.6 Å². The standard InChI is InChI=1S/C15H18F6N6S/c1-3-22-13(23-5-4-11-25-10(8-28-11)14(16,17)18)24-6-9-7-27(2)26-12(9)15(19,20)21/h7-8H,3-6H2,1-2H3,(H2,22,23,24). The quantitative estimate of drug-likeness (QED) is 0.421. The van der Waals surface area contributed by atoms with Gasteiger partial charge < -0.3 is 10.6 Å². The normalized spacial score (nSPS) is 13.1. The van der Waals surface area contributed by atoms with Gasteiger partial charge in [-0.15, -0.1) is 11.3 Å². The second-order valence-electron chi connectivity index (χ2n) is 5.67. The van der Waals surface area contributed by atoms with E-state index in [0.29, 0.717) is 11.6 Å². The van der Waals surface area contributed by atoms with Crippen molar-refractivity contribution in [3.8, 4) is 0 Å². The van der Waals surface area contributed by atoms with E-state index in [2.05, 4.69) is 25.7 Å². The van der Waals surface area contributed by atoms with Crippen LogP contribution in [0.1, 0.15) is 28.9 Å². The average molecular weight is 428 g/mol. The summed E-state index contributed by atoms with van der Waals surface area (Å²) in [5.41, 5.74) is -2.02. The lowest BCUT2D eigenvalue weighted by atomic mass is 10.2. The van der Waals surface area contributed by atoms with Crippen LogP contribution in [0.15, 0.2) is 16.6 Å². The molecule has 0 bridgehead atoms. The number of halogens is 6. The molecule has 0 aliphatic rings. The predicted octanol–water partition coefficient (Wildman–Crippen LogP) is 3.21. The molecule has 28 heavy (non-hydrogen) atoms. The number of alkyl halides is 6. The molecule has 0 aliphatic carbocycles. The van der Waals surface area contributed by atoms with Gasteiger partial charge in [-0.3, -0.25) is 4.68 Å². The number of guanidine groups is 1. The van der Waals surface area contributed by atoms with Crippen LogP contribution in [0, 0.1) is 0 Å². The number of rotatable bonds is 6. The molecule has 6 nitrogen and oxygen atoms in total. The molecule has 0 atom stereocenters. The first-order valence-electron chi connectivity index (χ1n) is 8.14. The zero-order valence-corrected chi connectivity index (χ0v) is 15.8. The number of aryl methyl sites for hydroxylation is 1. The lowest BCUT2D eigenvalue weighted by molar-refractivity contribution is -0.142. The molecule has 0 saturated heterocycles. The van der Waals surface area contributed by atoms with Crippen LogP contribution in [-0.2, 0) is 32.4 Å². The van der Waals surface area contributed by atoms with Crippen molar-refractivity contribution < 1.29 is 26.3 Å². The number of aliphatic imine (C=N–C) groups is 1. The Balaban J connectivity index is 1.99. The van der Waals surface area contributed by atoms with Crippen molar-refractivity contribution in [2.45, 2.75) is 32.2 Å². The van der Waals surface area contributed by atoms with Crippen LogP contribution in [0.5, 0.6) is 0 Å². The van der Waals surface area contributed by atoms with Gasteiger partial charge in [0.1, 0.15) is 0 Å². The van der Waals surface area contributed by atoms with Crippen molar-refractivity contribution in [3.63, 3.8) is 0 Å². The first-order valence-corrected chi connectivity index (χ1v) is 9.02. The van der Waals surface area contributed by atoms with Gasteiger partial charge in [0, 0.05) is 43.7 Å². The predicted molar refractivity (Wildman–Crippen MR) is 91.8 cm³/mol. The van der Waals surface area contributed by atoms with Crippen LogP contribution in [0.4, 0.5) is 26.3 Å². The van der Waals surface area contributed by atoms with Crippen LogP contribution in [0.2, 0.25) is 0 Å². The third-order valence-electron chi connectivity index (χ3n) is 3.40. The average Bonchev–Trinajstić information content (AvgIpc) is 3.18. The van der Waals surface area contributed by atoms with Crippen LogP contribution in [0.3, 0.4) is 0 Å². The Morgan fingerprint density at radius 1 is 1.18 bits per heavy atom. The van der Waals surface area contributed by atoms with Crippen LogP contribution >= 0.6 is 11.3 Å². The summed E-state index contributed by atoms with van der Waals surface area (Å²) in [6.07, 6.45) is -7.62. The Bertz CT molecular complexity index is 807. The molecule has 2 heterocycles. The Morgan fingerprint density at radius 3 is 2.46 bits per heavy atom. The monoisotopic (exact) mass is 428 g/mol. The minimum atomic E-state index is -4.58. The van der Waals surface area contributed by atoms with Crippen molar-refractivity contribution in [3.05, 3.63) is 33.5 Å². The number of nitrogens with zero attached hydrogens (tertiary/aromatic N) is 4. The van der Waals surface area contributed by atoms with Gasteiger partial charge in [0.15, 0.2) is 17.3 Å². The molecule has 0 aliphatic heterocycles. The SMILES string of the molecule is CCNC(=NCc1cn(C)nc1C(F)(F)F)NCCc1nc(C(F)(F)F)cs1. The van der Waals surface area contributed by atoms with E-state index in [1.165, 1.54) is 13.2 Å². The molecule has 2 aromatic heterocycles. The molecule has 0 saturated carbocycles. The zero-order chi connectivity index (χ0) is 20.9. The van der Waals surface area contributed by atoms with Gasteiger partial charge >= 0.3 is 12.4 Å². The molecule has 2 N–H and O–H groups in total. The van der Waals surface area contributed by atoms with Crippen molar-refractivity contribution in [2.24, 2.45) is 12.0 Å². The van der Waals surface area contributed by atoms with Gasteiger partial charge in [0.05, 0.1) is 11.6 Å². The maximum atomic E-state index is 13.0. The summed E-state index contributed by atoms with van der Waals surface area (Å²) in [7, 11) is 1.38. The lowest BCUT2D eigenvalue weighted by Crippen LogP contribution is -2.38. The molecule has 0 spiro atoms. The Hall–Kier alpha value is -2.31. The van der Waals surface area contributed by atoms with E-state index < -0.39 is 23.7 Å². The molecular formula is C15H18F6N6S. The smallest absolute Gasteiger partial charge is 0.357 e. The lowest BCUT2D eigenvalue weighted by Gasteiger charge is -2.11. The topological polar surface area (TPSA) is 67.1 Å². The molecule has 2 aromatic rings. The molecule has 0 amide bonds. The highest BCUT2D eigenvalue weighted by Gasteiger charge is 2.36. The second-order valence-corrected chi connectivity index (χ2v) is 6.61. The molecule has 13 heteroatoms. The van der Waals surface area contributed by atoms with Crippen molar-refractivity contribution >= 4 is 17.3 Å². The van der Waals surface area contributed by atoms with Gasteiger partial charge in [0.25, 0.3) is 0 Å². The van der Waals surface area contributed by atoms with E-state index in [4.69, 9.17) is 0 Å². The minimum absolute atomic E-state index is 0.0815. The second kappa shape index (κ2) is 8.80. The number of hydrogen-bond acceptors (Lipinski definition) is 4. The molecule has 0 unspecified atom stereocenters. The molecule has 156 valence electrons. The first kappa shape index (κ1) is 22.0. The number of aromatic nitrogens is 3. The van der Waals surface area contributed by atoms with Gasteiger partial charge in [-0.2, -0.15) is 31.4 Å². The Morgan fingerprint density at radius 2 is 1.89 bits per heavy atom. The van der Waals surface area contributed by atoms with E-state index in [0.717, 1.165) is 21.4 Å². The van der Waals surface area contributed by atoms with Crippen molar-refractivity contribution in [1.29, 1.82) is 0 Å². The fourth-order valence-corrected chi connectivity index (χ4v) is 3.05. The number of nitrogens with one attached hydrogen (secondary N) is 2. The zero-order valence-electron chi connectivity index (χ0n) is 14.9. The number of hydrogen-bond donors (Lipinski definition) is 2. The summed E-state index contributed by atoms with van der Waals surface area (Å²) < 4.78 is 77.6. The fourth-order valence-electron chi connectivity index (χ4n) is 2.24. The van der Waals surface area contributed by atoms with Gasteiger partial charge in [-0.05, 0) is 6.92 Å². The summed E-state index contributed by atoms with van der Waals surface area (Å²) >= 11 is 0.892. The summed E-state index contributed by atoms with van der Waals surface area (Å²) in [4.78, 5) is 7.61. The maximum Gasteiger partial charge on any atom is 0.435 e. The molecule has 2 rings (SSSR count). The molecule has 0 fully saturated rings. The summed E-state index contributed by atoms with van der Waals surface area (Å²) in [5, 5.41) is 10.4. The van der Waals surface area contributed by atoms with Crippen LogP contribution in [0.25, 0.3) is 0 Å². The van der Waals surface area contributed by atoms with Crippen molar-refractivity contribution in [1.82, 2.24) is 25.4 Å². The van der Waals surface area contributed by atoms with E-state index >= 15 is 0 Å². The minimum Gasteiger partial charge on any atom is -0.357 e. The van der Waals surface area contributed by atoms with E-state index in [1.54, 1.807) is 6.92 Å². The summed E-state index contributed by atoms with van der Waals surface area (Å²) in [6, 6.07) is 0. The van der Waals surface area contributed by atoms with Gasteiger partial charge in [0.2, 0.25) is 0 Å². The van der Waals surface area contributed by atoms with Crippen LogP contribution in [-0.4, -0.2) is 33.8 Å². The molecule has 0 radical (unpaired) electrons. The van der Waals surface area contributed by atoms with E-state index in [9.17, 15) is 26.3 Å². The maximum absolute atomic E-state index is 13.0. The van der Waals surface area contributed by atoms with Gasteiger partial charge in [-0.25, -0.2) is 9.98 Å².